The minimum absolute atomic E-state index is 0.0325. The van der Waals surface area contributed by atoms with Crippen molar-refractivity contribution in [1.82, 2.24) is 15.0 Å². The average molecular weight is 304 g/mol. The van der Waals surface area contributed by atoms with Gasteiger partial charge < -0.3 is 15.2 Å². The number of phenolic OH excluding ortho intramolecular Hbond substituents is 1. The summed E-state index contributed by atoms with van der Waals surface area (Å²) in [5.74, 6) is -0.573. The minimum atomic E-state index is -1.10. The molecule has 2 aromatic heterocycles. The normalized spacial score (nSPS) is 11.0. The van der Waals surface area contributed by atoms with Crippen LogP contribution in [0, 0.1) is 6.92 Å². The topological polar surface area (TPSA) is 99.1 Å². The van der Waals surface area contributed by atoms with E-state index in [1.165, 1.54) is 24.3 Å². The van der Waals surface area contributed by atoms with E-state index in [9.17, 15) is 15.0 Å². The van der Waals surface area contributed by atoms with Gasteiger partial charge in [0.25, 0.3) is 0 Å². The number of nitrogens with one attached hydrogen (secondary N) is 1. The Labute approximate surface area is 124 Å². The van der Waals surface area contributed by atoms with E-state index >= 15 is 0 Å². The molecule has 7 heteroatoms. The summed E-state index contributed by atoms with van der Waals surface area (Å²) in [7, 11) is 0. The van der Waals surface area contributed by atoms with Gasteiger partial charge in [0, 0.05) is 10.6 Å². The standard InChI is InChI=1S/C14H10ClN3O3/c1-6-16-12-9(14(20)21)5-10(18-13(12)17-6)8-4-7(15)2-3-11(8)19/h2-5,19H,1H3,(H,20,21)(H,16,17,18). The lowest BCUT2D eigenvalue weighted by Crippen LogP contribution is -2.00. The van der Waals surface area contributed by atoms with Crippen molar-refractivity contribution in [2.24, 2.45) is 0 Å². The van der Waals surface area contributed by atoms with Crippen molar-refractivity contribution in [3.8, 4) is 17.0 Å². The monoisotopic (exact) mass is 303 g/mol. The molecule has 0 amide bonds. The maximum absolute atomic E-state index is 11.4. The lowest BCUT2D eigenvalue weighted by Gasteiger charge is -2.06. The smallest absolute Gasteiger partial charge is 0.338 e. The minimum Gasteiger partial charge on any atom is -0.507 e. The van der Waals surface area contributed by atoms with Crippen LogP contribution in [0.5, 0.6) is 5.75 Å². The van der Waals surface area contributed by atoms with Crippen LogP contribution in [0.2, 0.25) is 5.02 Å². The number of aryl methyl sites for hydroxylation is 1. The van der Waals surface area contributed by atoms with Crippen LogP contribution >= 0.6 is 11.6 Å². The molecule has 0 aliphatic rings. The summed E-state index contributed by atoms with van der Waals surface area (Å²) in [5.41, 5.74) is 1.32. The second-order valence-corrected chi connectivity index (χ2v) is 4.98. The molecule has 0 saturated carbocycles. The number of fused-ring (bicyclic) bond motifs is 1. The van der Waals surface area contributed by atoms with Crippen LogP contribution in [0.4, 0.5) is 0 Å². The van der Waals surface area contributed by atoms with Crippen molar-refractivity contribution in [2.45, 2.75) is 6.92 Å². The van der Waals surface area contributed by atoms with Crippen molar-refractivity contribution in [3.05, 3.63) is 40.7 Å². The third-order valence-electron chi connectivity index (χ3n) is 3.04. The Hall–Kier alpha value is -2.60. The lowest BCUT2D eigenvalue weighted by molar-refractivity contribution is 0.0699. The van der Waals surface area contributed by atoms with Gasteiger partial charge >= 0.3 is 5.97 Å². The summed E-state index contributed by atoms with van der Waals surface area (Å²) in [6.45, 7) is 1.71. The van der Waals surface area contributed by atoms with Crippen LogP contribution in [-0.2, 0) is 0 Å². The number of imidazole rings is 1. The van der Waals surface area contributed by atoms with E-state index in [0.717, 1.165) is 0 Å². The molecule has 0 aliphatic heterocycles. The number of phenols is 1. The molecule has 0 atom stereocenters. The van der Waals surface area contributed by atoms with Gasteiger partial charge in [-0.25, -0.2) is 14.8 Å². The SMILES string of the molecule is Cc1nc2nc(-c3cc(Cl)ccc3O)cc(C(=O)O)c2[nH]1. The zero-order chi connectivity index (χ0) is 15.1. The fourth-order valence-electron chi connectivity index (χ4n) is 2.12. The summed E-state index contributed by atoms with van der Waals surface area (Å²) < 4.78 is 0. The maximum Gasteiger partial charge on any atom is 0.338 e. The van der Waals surface area contributed by atoms with Crippen molar-refractivity contribution in [1.29, 1.82) is 0 Å². The van der Waals surface area contributed by atoms with Crippen LogP contribution in [-0.4, -0.2) is 31.1 Å². The third kappa shape index (κ3) is 2.30. The summed E-state index contributed by atoms with van der Waals surface area (Å²) >= 11 is 5.91. The first-order valence-electron chi connectivity index (χ1n) is 6.05. The largest absolute Gasteiger partial charge is 0.507 e. The Kier molecular flexibility index (Phi) is 3.03. The number of carboxylic acids is 1. The molecule has 0 bridgehead atoms. The number of nitrogens with zero attached hydrogens (tertiary/aromatic N) is 2. The number of pyridine rings is 1. The highest BCUT2D eigenvalue weighted by Crippen LogP contribution is 2.32. The Morgan fingerprint density at radius 2 is 2.05 bits per heavy atom. The molecule has 0 aliphatic carbocycles. The second-order valence-electron chi connectivity index (χ2n) is 4.54. The summed E-state index contributed by atoms with van der Waals surface area (Å²) in [6, 6.07) is 5.87. The molecule has 0 unspecified atom stereocenters. The predicted molar refractivity (Wildman–Crippen MR) is 77.7 cm³/mol. The first kappa shape index (κ1) is 13.4. The maximum atomic E-state index is 11.4. The van der Waals surface area contributed by atoms with Gasteiger partial charge in [-0.05, 0) is 31.2 Å². The van der Waals surface area contributed by atoms with Crippen LogP contribution < -0.4 is 0 Å². The molecule has 3 N–H and O–H groups in total. The van der Waals surface area contributed by atoms with Gasteiger partial charge in [0.1, 0.15) is 11.6 Å². The highest BCUT2D eigenvalue weighted by Gasteiger charge is 2.17. The van der Waals surface area contributed by atoms with Gasteiger partial charge in [-0.15, -0.1) is 0 Å². The van der Waals surface area contributed by atoms with Gasteiger partial charge in [-0.2, -0.15) is 0 Å². The van der Waals surface area contributed by atoms with E-state index in [2.05, 4.69) is 15.0 Å². The zero-order valence-corrected chi connectivity index (χ0v) is 11.6. The molecule has 1 aromatic carbocycles. The molecule has 0 saturated heterocycles. The number of aromatic hydroxyl groups is 1. The first-order chi connectivity index (χ1) is 9.95. The second kappa shape index (κ2) is 4.75. The van der Waals surface area contributed by atoms with Gasteiger partial charge in [0.2, 0.25) is 0 Å². The van der Waals surface area contributed by atoms with E-state index in [0.29, 0.717) is 27.6 Å². The number of aromatic carboxylic acids is 1. The van der Waals surface area contributed by atoms with Crippen LogP contribution in [0.3, 0.4) is 0 Å². The molecule has 3 rings (SSSR count). The number of hydrogen-bond donors (Lipinski definition) is 3. The highest BCUT2D eigenvalue weighted by atomic mass is 35.5. The number of halogens is 1. The number of benzene rings is 1. The van der Waals surface area contributed by atoms with E-state index in [1.807, 2.05) is 0 Å². The number of hydrogen-bond acceptors (Lipinski definition) is 4. The van der Waals surface area contributed by atoms with Crippen molar-refractivity contribution in [3.63, 3.8) is 0 Å². The van der Waals surface area contributed by atoms with E-state index in [4.69, 9.17) is 11.6 Å². The number of aromatic nitrogens is 3. The first-order valence-corrected chi connectivity index (χ1v) is 6.43. The van der Waals surface area contributed by atoms with Crippen LogP contribution in [0.15, 0.2) is 24.3 Å². The van der Waals surface area contributed by atoms with E-state index in [-0.39, 0.29) is 17.0 Å². The van der Waals surface area contributed by atoms with E-state index < -0.39 is 5.97 Å². The summed E-state index contributed by atoms with van der Waals surface area (Å²) in [4.78, 5) is 22.7. The molecule has 21 heavy (non-hydrogen) atoms. The quantitative estimate of drug-likeness (QED) is 0.676. The summed E-state index contributed by atoms with van der Waals surface area (Å²) in [6.07, 6.45) is 0. The fraction of sp³-hybridized carbons (Fsp3) is 0.0714. The number of aromatic amines is 1. The molecule has 0 spiro atoms. The van der Waals surface area contributed by atoms with Gasteiger partial charge in [-0.3, -0.25) is 0 Å². The molecule has 2 heterocycles. The molecule has 6 nitrogen and oxygen atoms in total. The Bertz CT molecular complexity index is 873. The fourth-order valence-corrected chi connectivity index (χ4v) is 2.30. The Balaban J connectivity index is 2.33. The van der Waals surface area contributed by atoms with Gasteiger partial charge in [-0.1, -0.05) is 11.6 Å². The van der Waals surface area contributed by atoms with Gasteiger partial charge in [0.05, 0.1) is 16.8 Å². The van der Waals surface area contributed by atoms with Crippen LogP contribution in [0.25, 0.3) is 22.4 Å². The third-order valence-corrected chi connectivity index (χ3v) is 3.28. The summed E-state index contributed by atoms with van der Waals surface area (Å²) in [5, 5.41) is 19.7. The molecule has 0 fully saturated rings. The Morgan fingerprint density at radius 3 is 2.76 bits per heavy atom. The molecular weight excluding hydrogens is 294 g/mol. The van der Waals surface area contributed by atoms with Crippen molar-refractivity contribution < 1.29 is 15.0 Å². The highest BCUT2D eigenvalue weighted by molar-refractivity contribution is 6.31. The van der Waals surface area contributed by atoms with Crippen molar-refractivity contribution >= 4 is 28.7 Å². The van der Waals surface area contributed by atoms with E-state index in [1.54, 1.807) is 6.92 Å². The Morgan fingerprint density at radius 1 is 1.29 bits per heavy atom. The molecule has 106 valence electrons. The number of carboxylic acid groups (broad SMARTS) is 1. The molecule has 3 aromatic rings. The van der Waals surface area contributed by atoms with Crippen molar-refractivity contribution in [2.75, 3.05) is 0 Å². The average Bonchev–Trinajstić information content (AvgIpc) is 2.80. The molecule has 0 radical (unpaired) electrons. The number of carbonyl (C=O) groups is 1. The number of H-pyrrole nitrogens is 1. The lowest BCUT2D eigenvalue weighted by atomic mass is 10.1. The van der Waals surface area contributed by atoms with Crippen LogP contribution in [0.1, 0.15) is 16.2 Å². The van der Waals surface area contributed by atoms with Gasteiger partial charge in [0.15, 0.2) is 5.65 Å². The predicted octanol–water partition coefficient (Wildman–Crippen LogP) is 2.99. The number of rotatable bonds is 2. The zero-order valence-electron chi connectivity index (χ0n) is 10.9. The molecular formula is C14H10ClN3O3.